The van der Waals surface area contributed by atoms with E-state index in [0.29, 0.717) is 11.6 Å². The molecule has 12 heavy (non-hydrogen) atoms. The molecule has 66 valence electrons. The van der Waals surface area contributed by atoms with Crippen LogP contribution in [0.1, 0.15) is 25.3 Å². The average Bonchev–Trinajstić information content (AvgIpc) is 2.04. The molecule has 1 rings (SSSR count). The first-order valence-electron chi connectivity index (χ1n) is 4.08. The van der Waals surface area contributed by atoms with Crippen LogP contribution in [0.4, 0.5) is 5.69 Å². The zero-order chi connectivity index (χ0) is 9.14. The SMILES string of the molecule is COc1ccc(C(C)C)cc1N. The first-order chi connectivity index (χ1) is 5.65. The summed E-state index contributed by atoms with van der Waals surface area (Å²) in [6.07, 6.45) is 0. The van der Waals surface area contributed by atoms with Gasteiger partial charge in [0.25, 0.3) is 0 Å². The molecule has 0 atom stereocenters. The molecule has 0 unspecified atom stereocenters. The predicted octanol–water partition coefficient (Wildman–Crippen LogP) is 2.40. The maximum absolute atomic E-state index is 5.74. The minimum atomic E-state index is 0.512. The standard InChI is InChI=1S/C10H15NO/c1-7(2)8-4-5-10(12-3)9(11)6-8/h4-7H,11H2,1-3H3. The van der Waals surface area contributed by atoms with Crippen molar-refractivity contribution in [3.05, 3.63) is 23.8 Å². The van der Waals surface area contributed by atoms with Gasteiger partial charge in [-0.1, -0.05) is 19.9 Å². The largest absolute Gasteiger partial charge is 0.495 e. The number of anilines is 1. The average molecular weight is 165 g/mol. The highest BCUT2D eigenvalue weighted by Gasteiger charge is 2.02. The Hall–Kier alpha value is -1.18. The van der Waals surface area contributed by atoms with Crippen LogP contribution in [0.15, 0.2) is 18.2 Å². The van der Waals surface area contributed by atoms with E-state index in [1.807, 2.05) is 18.2 Å². The first kappa shape index (κ1) is 8.91. The van der Waals surface area contributed by atoms with Gasteiger partial charge in [-0.15, -0.1) is 0 Å². The molecule has 0 aliphatic carbocycles. The van der Waals surface area contributed by atoms with Crippen molar-refractivity contribution < 1.29 is 4.74 Å². The molecule has 0 saturated carbocycles. The van der Waals surface area contributed by atoms with E-state index in [4.69, 9.17) is 10.5 Å². The van der Waals surface area contributed by atoms with Crippen LogP contribution in [0.5, 0.6) is 5.75 Å². The molecule has 2 nitrogen and oxygen atoms in total. The van der Waals surface area contributed by atoms with Crippen LogP contribution in [0, 0.1) is 0 Å². The Morgan fingerprint density at radius 2 is 2.00 bits per heavy atom. The van der Waals surface area contributed by atoms with Gasteiger partial charge in [0.15, 0.2) is 0 Å². The van der Waals surface area contributed by atoms with Crippen LogP contribution in [0.3, 0.4) is 0 Å². The van der Waals surface area contributed by atoms with Crippen molar-refractivity contribution in [3.63, 3.8) is 0 Å². The summed E-state index contributed by atoms with van der Waals surface area (Å²) in [7, 11) is 1.63. The smallest absolute Gasteiger partial charge is 0.141 e. The summed E-state index contributed by atoms with van der Waals surface area (Å²) >= 11 is 0. The van der Waals surface area contributed by atoms with Crippen molar-refractivity contribution in [2.45, 2.75) is 19.8 Å². The lowest BCUT2D eigenvalue weighted by Gasteiger charge is -2.09. The van der Waals surface area contributed by atoms with Crippen LogP contribution in [-0.4, -0.2) is 7.11 Å². The highest BCUT2D eigenvalue weighted by molar-refractivity contribution is 5.54. The zero-order valence-corrected chi connectivity index (χ0v) is 7.79. The fraction of sp³-hybridized carbons (Fsp3) is 0.400. The molecule has 0 saturated heterocycles. The van der Waals surface area contributed by atoms with E-state index in [0.717, 1.165) is 5.75 Å². The third-order valence-electron chi connectivity index (χ3n) is 1.92. The normalized spacial score (nSPS) is 10.3. The number of ether oxygens (including phenoxy) is 1. The van der Waals surface area contributed by atoms with E-state index in [9.17, 15) is 0 Å². The molecule has 0 fully saturated rings. The number of nitrogens with two attached hydrogens (primary N) is 1. The Morgan fingerprint density at radius 1 is 1.33 bits per heavy atom. The summed E-state index contributed by atoms with van der Waals surface area (Å²) in [4.78, 5) is 0. The maximum Gasteiger partial charge on any atom is 0.141 e. The van der Waals surface area contributed by atoms with Crippen molar-refractivity contribution in [3.8, 4) is 5.75 Å². The van der Waals surface area contributed by atoms with E-state index in [1.165, 1.54) is 5.56 Å². The second-order valence-electron chi connectivity index (χ2n) is 3.16. The number of hydrogen-bond donors (Lipinski definition) is 1. The molecule has 2 N–H and O–H groups in total. The zero-order valence-electron chi connectivity index (χ0n) is 7.79. The lowest BCUT2D eigenvalue weighted by molar-refractivity contribution is 0.417. The molecule has 0 aliphatic rings. The quantitative estimate of drug-likeness (QED) is 0.683. The van der Waals surface area contributed by atoms with Crippen LogP contribution in [0.2, 0.25) is 0 Å². The summed E-state index contributed by atoms with van der Waals surface area (Å²) in [6.45, 7) is 4.28. The number of nitrogen functional groups attached to an aromatic ring is 1. The molecule has 0 amide bonds. The minimum Gasteiger partial charge on any atom is -0.495 e. The van der Waals surface area contributed by atoms with Gasteiger partial charge < -0.3 is 10.5 Å². The lowest BCUT2D eigenvalue weighted by atomic mass is 10.0. The Morgan fingerprint density at radius 3 is 2.42 bits per heavy atom. The third-order valence-corrected chi connectivity index (χ3v) is 1.92. The van der Waals surface area contributed by atoms with Gasteiger partial charge in [0.05, 0.1) is 12.8 Å². The van der Waals surface area contributed by atoms with Gasteiger partial charge in [-0.25, -0.2) is 0 Å². The second-order valence-corrected chi connectivity index (χ2v) is 3.16. The van der Waals surface area contributed by atoms with Gasteiger partial charge in [-0.3, -0.25) is 0 Å². The van der Waals surface area contributed by atoms with Gasteiger partial charge >= 0.3 is 0 Å². The summed E-state index contributed by atoms with van der Waals surface area (Å²) in [6, 6.07) is 5.91. The third kappa shape index (κ3) is 1.70. The van der Waals surface area contributed by atoms with E-state index < -0.39 is 0 Å². The van der Waals surface area contributed by atoms with Gasteiger partial charge in [0.2, 0.25) is 0 Å². The molecule has 2 heteroatoms. The minimum absolute atomic E-state index is 0.512. The topological polar surface area (TPSA) is 35.2 Å². The van der Waals surface area contributed by atoms with Gasteiger partial charge in [-0.05, 0) is 23.6 Å². The van der Waals surface area contributed by atoms with Gasteiger partial charge in [-0.2, -0.15) is 0 Å². The number of benzene rings is 1. The summed E-state index contributed by atoms with van der Waals surface area (Å²) in [5.74, 6) is 1.26. The maximum atomic E-state index is 5.74. The molecule has 0 radical (unpaired) electrons. The highest BCUT2D eigenvalue weighted by atomic mass is 16.5. The number of rotatable bonds is 2. The molecular formula is C10H15NO. The Bertz CT molecular complexity index is 269. The fourth-order valence-corrected chi connectivity index (χ4v) is 1.11. The number of methoxy groups -OCH3 is 1. The van der Waals surface area contributed by atoms with Gasteiger partial charge in [0.1, 0.15) is 5.75 Å². The van der Waals surface area contributed by atoms with Gasteiger partial charge in [0, 0.05) is 0 Å². The van der Waals surface area contributed by atoms with Crippen LogP contribution < -0.4 is 10.5 Å². The van der Waals surface area contributed by atoms with Crippen molar-refractivity contribution in [2.24, 2.45) is 0 Å². The van der Waals surface area contributed by atoms with Crippen molar-refractivity contribution >= 4 is 5.69 Å². The molecule has 0 heterocycles. The molecule has 0 spiro atoms. The van der Waals surface area contributed by atoms with E-state index in [-0.39, 0.29) is 0 Å². The summed E-state index contributed by atoms with van der Waals surface area (Å²) in [5.41, 5.74) is 7.70. The molecule has 1 aromatic carbocycles. The van der Waals surface area contributed by atoms with Crippen molar-refractivity contribution in [1.29, 1.82) is 0 Å². The Balaban J connectivity index is 3.02. The Kier molecular flexibility index (Phi) is 2.58. The lowest BCUT2D eigenvalue weighted by Crippen LogP contribution is -1.95. The molecular weight excluding hydrogens is 150 g/mol. The predicted molar refractivity (Wildman–Crippen MR) is 51.5 cm³/mol. The van der Waals surface area contributed by atoms with Crippen molar-refractivity contribution in [1.82, 2.24) is 0 Å². The van der Waals surface area contributed by atoms with Crippen LogP contribution in [0.25, 0.3) is 0 Å². The monoisotopic (exact) mass is 165 g/mol. The van der Waals surface area contributed by atoms with E-state index in [2.05, 4.69) is 13.8 Å². The van der Waals surface area contributed by atoms with Crippen LogP contribution in [-0.2, 0) is 0 Å². The van der Waals surface area contributed by atoms with E-state index >= 15 is 0 Å². The Labute approximate surface area is 73.3 Å². The summed E-state index contributed by atoms with van der Waals surface area (Å²) < 4.78 is 5.05. The van der Waals surface area contributed by atoms with Crippen molar-refractivity contribution in [2.75, 3.05) is 12.8 Å². The summed E-state index contributed by atoms with van der Waals surface area (Å²) in [5, 5.41) is 0. The number of hydrogen-bond acceptors (Lipinski definition) is 2. The van der Waals surface area contributed by atoms with Crippen LogP contribution >= 0.6 is 0 Å². The highest BCUT2D eigenvalue weighted by Crippen LogP contribution is 2.25. The first-order valence-corrected chi connectivity index (χ1v) is 4.08. The second kappa shape index (κ2) is 3.48. The molecule has 1 aromatic rings. The fourth-order valence-electron chi connectivity index (χ4n) is 1.11. The molecule has 0 bridgehead atoms. The van der Waals surface area contributed by atoms with E-state index in [1.54, 1.807) is 7.11 Å². The molecule has 0 aromatic heterocycles. The molecule has 0 aliphatic heterocycles.